The summed E-state index contributed by atoms with van der Waals surface area (Å²) in [6.07, 6.45) is -2.65. The fraction of sp³-hybridized carbons (Fsp3) is 0.182. The molecule has 0 bridgehead atoms. The predicted octanol–water partition coefficient (Wildman–Crippen LogP) is 5.76. The largest absolute Gasteiger partial charge is 0.488 e. The third-order valence-corrected chi connectivity index (χ3v) is 5.95. The highest BCUT2D eigenvalue weighted by Gasteiger charge is 2.30. The zero-order chi connectivity index (χ0) is 22.2. The van der Waals surface area contributed by atoms with Crippen LogP contribution in [0.1, 0.15) is 16.1 Å². The molecule has 2 heterocycles. The van der Waals surface area contributed by atoms with E-state index in [9.17, 15) is 18.0 Å². The van der Waals surface area contributed by atoms with Gasteiger partial charge in [-0.15, -0.1) is 11.3 Å². The Hall–Kier alpha value is -3.33. The Morgan fingerprint density at radius 1 is 1.16 bits per heavy atom. The standard InChI is InChI=1S/C22H17F3N2O3S/c1-13-19(31-21(26-13)14-2-4-16(5-3-14)22(23,24)25)12-30-17-6-7-18-15(10-17)8-9-27(18)11-20(28)29/h2-10H,11-12H2,1H3,(H,28,29). The van der Waals surface area contributed by atoms with Crippen LogP contribution in [0.15, 0.2) is 54.7 Å². The van der Waals surface area contributed by atoms with E-state index >= 15 is 0 Å². The van der Waals surface area contributed by atoms with Gasteiger partial charge in [0.05, 0.1) is 16.1 Å². The smallest absolute Gasteiger partial charge is 0.416 e. The molecule has 0 spiro atoms. The van der Waals surface area contributed by atoms with Gasteiger partial charge in [0.25, 0.3) is 0 Å². The number of halogens is 3. The minimum Gasteiger partial charge on any atom is -0.488 e. The first-order chi connectivity index (χ1) is 14.7. The number of hydrogen-bond acceptors (Lipinski definition) is 4. The Labute approximate surface area is 179 Å². The van der Waals surface area contributed by atoms with Crippen molar-refractivity contribution in [2.45, 2.75) is 26.3 Å². The highest BCUT2D eigenvalue weighted by atomic mass is 32.1. The van der Waals surface area contributed by atoms with Gasteiger partial charge in [0, 0.05) is 22.7 Å². The van der Waals surface area contributed by atoms with Gasteiger partial charge >= 0.3 is 12.1 Å². The Morgan fingerprint density at radius 2 is 1.90 bits per heavy atom. The van der Waals surface area contributed by atoms with E-state index in [1.54, 1.807) is 22.9 Å². The number of alkyl halides is 3. The predicted molar refractivity (Wildman–Crippen MR) is 111 cm³/mol. The van der Waals surface area contributed by atoms with Gasteiger partial charge in [-0.25, -0.2) is 4.98 Å². The van der Waals surface area contributed by atoms with Gasteiger partial charge in [0.1, 0.15) is 23.9 Å². The van der Waals surface area contributed by atoms with Gasteiger partial charge in [-0.3, -0.25) is 4.79 Å². The molecule has 0 aliphatic rings. The molecule has 0 fully saturated rings. The number of aliphatic carboxylic acids is 1. The molecule has 0 unspecified atom stereocenters. The van der Waals surface area contributed by atoms with E-state index in [4.69, 9.17) is 9.84 Å². The molecule has 5 nitrogen and oxygen atoms in total. The van der Waals surface area contributed by atoms with Crippen molar-refractivity contribution in [2.75, 3.05) is 0 Å². The molecule has 4 aromatic rings. The number of hydrogen-bond donors (Lipinski definition) is 1. The molecule has 4 rings (SSSR count). The number of carboxylic acids is 1. The second-order valence-electron chi connectivity index (χ2n) is 6.95. The lowest BCUT2D eigenvalue weighted by Gasteiger charge is -2.07. The van der Waals surface area contributed by atoms with Crippen molar-refractivity contribution in [3.8, 4) is 16.3 Å². The third-order valence-electron chi connectivity index (χ3n) is 4.77. The number of aromatic nitrogens is 2. The number of carbonyl (C=O) groups is 1. The number of aryl methyl sites for hydroxylation is 1. The average Bonchev–Trinajstić information content (AvgIpc) is 3.28. The summed E-state index contributed by atoms with van der Waals surface area (Å²) in [7, 11) is 0. The normalized spacial score (nSPS) is 11.7. The van der Waals surface area contributed by atoms with Crippen LogP contribution in [0.2, 0.25) is 0 Å². The summed E-state index contributed by atoms with van der Waals surface area (Å²) in [5.41, 5.74) is 1.48. The van der Waals surface area contributed by atoms with E-state index < -0.39 is 17.7 Å². The maximum absolute atomic E-state index is 12.7. The number of thiazole rings is 1. The Balaban J connectivity index is 1.48. The van der Waals surface area contributed by atoms with Crippen molar-refractivity contribution >= 4 is 28.2 Å². The fourth-order valence-corrected chi connectivity index (χ4v) is 4.17. The average molecular weight is 446 g/mol. The van der Waals surface area contributed by atoms with Crippen LogP contribution in [0.4, 0.5) is 13.2 Å². The Morgan fingerprint density at radius 3 is 2.58 bits per heavy atom. The van der Waals surface area contributed by atoms with Crippen molar-refractivity contribution in [1.29, 1.82) is 0 Å². The van der Waals surface area contributed by atoms with Crippen LogP contribution in [-0.2, 0) is 24.1 Å². The van der Waals surface area contributed by atoms with Crippen LogP contribution in [0, 0.1) is 6.92 Å². The summed E-state index contributed by atoms with van der Waals surface area (Å²) in [6, 6.07) is 12.2. The molecule has 31 heavy (non-hydrogen) atoms. The highest BCUT2D eigenvalue weighted by molar-refractivity contribution is 7.15. The summed E-state index contributed by atoms with van der Waals surface area (Å²) < 4.78 is 45.8. The van der Waals surface area contributed by atoms with Crippen molar-refractivity contribution < 1.29 is 27.8 Å². The van der Waals surface area contributed by atoms with E-state index in [0.717, 1.165) is 33.6 Å². The highest BCUT2D eigenvalue weighted by Crippen LogP contribution is 2.33. The lowest BCUT2D eigenvalue weighted by molar-refractivity contribution is -0.138. The number of ether oxygens (including phenoxy) is 1. The van der Waals surface area contributed by atoms with Crippen LogP contribution in [0.25, 0.3) is 21.5 Å². The fourth-order valence-electron chi connectivity index (χ4n) is 3.19. The maximum atomic E-state index is 12.7. The summed E-state index contributed by atoms with van der Waals surface area (Å²) in [5.74, 6) is -0.285. The molecule has 0 atom stereocenters. The van der Waals surface area contributed by atoms with Crippen LogP contribution in [0.3, 0.4) is 0 Å². The summed E-state index contributed by atoms with van der Waals surface area (Å²) in [5, 5.41) is 10.5. The molecular formula is C22H17F3N2O3S. The van der Waals surface area contributed by atoms with Crippen LogP contribution < -0.4 is 4.74 Å². The molecule has 0 saturated carbocycles. The molecule has 0 saturated heterocycles. The van der Waals surface area contributed by atoms with Crippen molar-refractivity contribution in [3.63, 3.8) is 0 Å². The molecule has 0 aliphatic carbocycles. The number of nitrogens with zero attached hydrogens (tertiary/aromatic N) is 2. The van der Waals surface area contributed by atoms with Gasteiger partial charge in [-0.05, 0) is 43.3 Å². The second kappa shape index (κ2) is 8.07. The first kappa shape index (κ1) is 20.9. The topological polar surface area (TPSA) is 64.4 Å². The Kier molecular flexibility index (Phi) is 5.45. The minimum absolute atomic E-state index is 0.115. The van der Waals surface area contributed by atoms with Crippen molar-refractivity contribution in [1.82, 2.24) is 9.55 Å². The number of benzene rings is 2. The van der Waals surface area contributed by atoms with Crippen molar-refractivity contribution in [2.24, 2.45) is 0 Å². The first-order valence-corrected chi connectivity index (χ1v) is 10.1. The van der Waals surface area contributed by atoms with Crippen LogP contribution in [-0.4, -0.2) is 20.6 Å². The van der Waals surface area contributed by atoms with Gasteiger partial charge in [-0.1, -0.05) is 12.1 Å². The van der Waals surface area contributed by atoms with Crippen molar-refractivity contribution in [3.05, 3.63) is 70.9 Å². The Bertz CT molecular complexity index is 1240. The summed E-state index contributed by atoms with van der Waals surface area (Å²) >= 11 is 1.37. The monoisotopic (exact) mass is 446 g/mol. The molecule has 0 amide bonds. The molecule has 160 valence electrons. The van der Waals surface area contributed by atoms with E-state index in [2.05, 4.69) is 4.98 Å². The van der Waals surface area contributed by atoms with Gasteiger partial charge in [0.2, 0.25) is 0 Å². The summed E-state index contributed by atoms with van der Waals surface area (Å²) in [4.78, 5) is 16.3. The number of fused-ring (bicyclic) bond motifs is 1. The molecular weight excluding hydrogens is 429 g/mol. The van der Waals surface area contributed by atoms with Gasteiger partial charge in [0.15, 0.2) is 0 Å². The van der Waals surface area contributed by atoms with E-state index in [1.165, 1.54) is 23.5 Å². The second-order valence-corrected chi connectivity index (χ2v) is 8.03. The first-order valence-electron chi connectivity index (χ1n) is 9.28. The number of rotatable bonds is 6. The zero-order valence-corrected chi connectivity index (χ0v) is 17.1. The molecule has 0 aliphatic heterocycles. The summed E-state index contributed by atoms with van der Waals surface area (Å²) in [6.45, 7) is 1.99. The SMILES string of the molecule is Cc1nc(-c2ccc(C(F)(F)F)cc2)sc1COc1ccc2c(ccn2CC(=O)O)c1. The minimum atomic E-state index is -4.37. The maximum Gasteiger partial charge on any atom is 0.416 e. The van der Waals surface area contributed by atoms with Crippen LogP contribution >= 0.6 is 11.3 Å². The van der Waals surface area contributed by atoms with Gasteiger partial charge in [-0.2, -0.15) is 13.2 Å². The number of carboxylic acid groups (broad SMARTS) is 1. The molecule has 2 aromatic heterocycles. The van der Waals surface area contributed by atoms with Crippen LogP contribution in [0.5, 0.6) is 5.75 Å². The molecule has 9 heteroatoms. The van der Waals surface area contributed by atoms with Gasteiger partial charge < -0.3 is 14.4 Å². The lowest BCUT2D eigenvalue weighted by atomic mass is 10.1. The van der Waals surface area contributed by atoms with E-state index in [1.807, 2.05) is 19.1 Å². The quantitative estimate of drug-likeness (QED) is 0.409. The molecule has 0 radical (unpaired) electrons. The zero-order valence-electron chi connectivity index (χ0n) is 16.3. The lowest BCUT2D eigenvalue weighted by Crippen LogP contribution is -2.07. The molecule has 2 aromatic carbocycles. The van der Waals surface area contributed by atoms with E-state index in [-0.39, 0.29) is 13.2 Å². The molecule has 1 N–H and O–H groups in total. The third kappa shape index (κ3) is 4.56. The van der Waals surface area contributed by atoms with E-state index in [0.29, 0.717) is 16.3 Å².